The van der Waals surface area contributed by atoms with Crippen LogP contribution in [-0.4, -0.2) is 64.4 Å². The highest BCUT2D eigenvalue weighted by molar-refractivity contribution is 5.99. The van der Waals surface area contributed by atoms with Crippen molar-refractivity contribution in [2.24, 2.45) is 0 Å². The number of methoxy groups -OCH3 is 1. The van der Waals surface area contributed by atoms with E-state index in [4.69, 9.17) is 9.47 Å². The molecule has 2 unspecified atom stereocenters. The van der Waals surface area contributed by atoms with Crippen LogP contribution in [0.25, 0.3) is 0 Å². The fraction of sp³-hybridized carbons (Fsp3) is 0.444. The van der Waals surface area contributed by atoms with E-state index in [9.17, 15) is 24.6 Å². The molecule has 1 saturated carbocycles. The number of ether oxygens (including phenoxy) is 2. The maximum Gasteiger partial charge on any atom is 0.408 e. The number of benzene rings is 2. The van der Waals surface area contributed by atoms with Crippen LogP contribution in [0.3, 0.4) is 0 Å². The van der Waals surface area contributed by atoms with Crippen molar-refractivity contribution in [3.63, 3.8) is 0 Å². The van der Waals surface area contributed by atoms with E-state index in [2.05, 4.69) is 10.6 Å². The number of amides is 3. The number of nitrogens with one attached hydrogen (secondary N) is 2. The van der Waals surface area contributed by atoms with E-state index in [0.717, 1.165) is 0 Å². The first kappa shape index (κ1) is 27.8. The second-order valence-corrected chi connectivity index (χ2v) is 9.99. The van der Waals surface area contributed by atoms with Crippen LogP contribution in [-0.2, 0) is 14.3 Å². The smallest absolute Gasteiger partial charge is 0.408 e. The van der Waals surface area contributed by atoms with Gasteiger partial charge in [0, 0.05) is 17.3 Å². The van der Waals surface area contributed by atoms with Crippen molar-refractivity contribution in [2.45, 2.75) is 64.3 Å². The highest BCUT2D eigenvalue weighted by Crippen LogP contribution is 2.39. The first-order valence-corrected chi connectivity index (χ1v) is 12.1. The number of aryl methyl sites for hydroxylation is 1. The molecule has 0 radical (unpaired) electrons. The predicted octanol–water partition coefficient (Wildman–Crippen LogP) is 3.27. The van der Waals surface area contributed by atoms with Gasteiger partial charge in [-0.05, 0) is 70.4 Å². The molecule has 2 aromatic carbocycles. The molecule has 3 rings (SSSR count). The highest BCUT2D eigenvalue weighted by Gasteiger charge is 2.45. The number of aliphatic hydroxyl groups excluding tert-OH is 1. The van der Waals surface area contributed by atoms with Crippen LogP contribution in [0.1, 0.15) is 50.8 Å². The number of alkyl carbamates (subject to hydrolysis) is 1. The summed E-state index contributed by atoms with van der Waals surface area (Å²) in [4.78, 5) is 41.1. The topological polar surface area (TPSA) is 137 Å². The lowest BCUT2D eigenvalue weighted by molar-refractivity contribution is -0.142. The summed E-state index contributed by atoms with van der Waals surface area (Å²) in [7, 11) is 1.53. The summed E-state index contributed by atoms with van der Waals surface area (Å²) in [5.41, 5.74) is 0.433. The van der Waals surface area contributed by atoms with Crippen molar-refractivity contribution in [3.05, 3.63) is 53.6 Å². The quantitative estimate of drug-likeness (QED) is 0.404. The molecule has 4 N–H and O–H groups in total. The number of hydrogen-bond acceptors (Lipinski definition) is 7. The SMILES string of the molecule is COc1ccc(NC(=O)C(c2cccc(C)c2O)N(C(=O)C(CO)NC(=O)OC(C)(C)C)C2CC2)cc1. The van der Waals surface area contributed by atoms with Crippen molar-refractivity contribution in [3.8, 4) is 11.5 Å². The lowest BCUT2D eigenvalue weighted by Crippen LogP contribution is -2.54. The molecule has 10 nitrogen and oxygen atoms in total. The van der Waals surface area contributed by atoms with Crippen molar-refractivity contribution < 1.29 is 34.1 Å². The van der Waals surface area contributed by atoms with Gasteiger partial charge in [-0.3, -0.25) is 9.59 Å². The Labute approximate surface area is 216 Å². The zero-order chi connectivity index (χ0) is 27.3. The van der Waals surface area contributed by atoms with Crippen molar-refractivity contribution in [1.29, 1.82) is 0 Å². The molecule has 1 aliphatic carbocycles. The molecular formula is C27H35N3O7. The summed E-state index contributed by atoms with van der Waals surface area (Å²) < 4.78 is 10.4. The second kappa shape index (κ2) is 11.5. The fourth-order valence-electron chi connectivity index (χ4n) is 3.89. The number of phenolic OH excluding ortho intramolecular Hbond substituents is 1. The van der Waals surface area contributed by atoms with Gasteiger partial charge in [0.2, 0.25) is 5.91 Å². The Balaban J connectivity index is 1.97. The third kappa shape index (κ3) is 7.13. The molecular weight excluding hydrogens is 478 g/mol. The molecule has 37 heavy (non-hydrogen) atoms. The van der Waals surface area contributed by atoms with Gasteiger partial charge in [0.25, 0.3) is 5.91 Å². The minimum Gasteiger partial charge on any atom is -0.507 e. The summed E-state index contributed by atoms with van der Waals surface area (Å²) in [5, 5.41) is 26.1. The highest BCUT2D eigenvalue weighted by atomic mass is 16.6. The number of nitrogens with zero attached hydrogens (tertiary/aromatic N) is 1. The Morgan fingerprint density at radius 3 is 2.30 bits per heavy atom. The van der Waals surface area contributed by atoms with Gasteiger partial charge >= 0.3 is 6.09 Å². The zero-order valence-corrected chi connectivity index (χ0v) is 21.8. The van der Waals surface area contributed by atoms with E-state index in [0.29, 0.717) is 29.8 Å². The van der Waals surface area contributed by atoms with Gasteiger partial charge in [-0.2, -0.15) is 0 Å². The van der Waals surface area contributed by atoms with Crippen LogP contribution in [0, 0.1) is 6.92 Å². The lowest BCUT2D eigenvalue weighted by atomic mass is 9.99. The summed E-state index contributed by atoms with van der Waals surface area (Å²) >= 11 is 0. The maximum atomic E-state index is 13.7. The maximum absolute atomic E-state index is 13.7. The Morgan fingerprint density at radius 2 is 1.76 bits per heavy atom. The Morgan fingerprint density at radius 1 is 1.11 bits per heavy atom. The van der Waals surface area contributed by atoms with Crippen LogP contribution >= 0.6 is 0 Å². The molecule has 10 heteroatoms. The van der Waals surface area contributed by atoms with Crippen LogP contribution in [0.2, 0.25) is 0 Å². The summed E-state index contributed by atoms with van der Waals surface area (Å²) in [6.07, 6.45) is 0.401. The van der Waals surface area contributed by atoms with E-state index in [1.165, 1.54) is 12.0 Å². The van der Waals surface area contributed by atoms with Crippen molar-refractivity contribution in [2.75, 3.05) is 19.0 Å². The molecule has 3 amide bonds. The van der Waals surface area contributed by atoms with E-state index in [-0.39, 0.29) is 17.4 Å². The number of rotatable bonds is 9. The monoisotopic (exact) mass is 513 g/mol. The zero-order valence-electron chi connectivity index (χ0n) is 21.8. The molecule has 200 valence electrons. The molecule has 0 heterocycles. The largest absolute Gasteiger partial charge is 0.507 e. The third-order valence-corrected chi connectivity index (χ3v) is 5.81. The van der Waals surface area contributed by atoms with E-state index in [1.54, 1.807) is 70.2 Å². The standard InChI is InChI=1S/C27H35N3O7/c1-16-7-6-8-20(23(16)32)22(24(33)28-17-9-13-19(36-5)14-10-17)30(18-11-12-18)25(34)21(15-31)29-26(35)37-27(2,3)4/h6-10,13-14,18,21-22,31-32H,11-12,15H2,1-5H3,(H,28,33)(H,29,35). The Kier molecular flexibility index (Phi) is 8.65. The summed E-state index contributed by atoms with van der Waals surface area (Å²) in [6, 6.07) is 8.77. The first-order valence-electron chi connectivity index (χ1n) is 12.1. The van der Waals surface area contributed by atoms with Gasteiger partial charge in [0.15, 0.2) is 0 Å². The average molecular weight is 514 g/mol. The molecule has 0 aliphatic heterocycles. The van der Waals surface area contributed by atoms with Crippen LogP contribution < -0.4 is 15.4 Å². The van der Waals surface area contributed by atoms with Crippen LogP contribution in [0.5, 0.6) is 11.5 Å². The molecule has 2 atom stereocenters. The molecule has 1 aliphatic rings. The van der Waals surface area contributed by atoms with Gasteiger partial charge in [0.1, 0.15) is 29.2 Å². The second-order valence-electron chi connectivity index (χ2n) is 9.99. The minimum absolute atomic E-state index is 0.114. The lowest BCUT2D eigenvalue weighted by Gasteiger charge is -2.34. The van der Waals surface area contributed by atoms with Gasteiger partial charge in [-0.15, -0.1) is 0 Å². The number of anilines is 1. The van der Waals surface area contributed by atoms with Crippen molar-refractivity contribution >= 4 is 23.6 Å². The Hall–Kier alpha value is -3.79. The number of carbonyl (C=O) groups is 3. The fourth-order valence-corrected chi connectivity index (χ4v) is 3.89. The van der Waals surface area contributed by atoms with E-state index in [1.807, 2.05) is 0 Å². The van der Waals surface area contributed by atoms with E-state index >= 15 is 0 Å². The number of aromatic hydroxyl groups is 1. The predicted molar refractivity (Wildman–Crippen MR) is 137 cm³/mol. The summed E-state index contributed by atoms with van der Waals surface area (Å²) in [5.74, 6) is -0.719. The molecule has 1 fully saturated rings. The van der Waals surface area contributed by atoms with Gasteiger partial charge in [-0.1, -0.05) is 18.2 Å². The van der Waals surface area contributed by atoms with Crippen LogP contribution in [0.4, 0.5) is 10.5 Å². The third-order valence-electron chi connectivity index (χ3n) is 5.81. The number of para-hydroxylation sites is 1. The number of aliphatic hydroxyl groups is 1. The molecule has 0 bridgehead atoms. The van der Waals surface area contributed by atoms with Crippen LogP contribution in [0.15, 0.2) is 42.5 Å². The van der Waals surface area contributed by atoms with Crippen molar-refractivity contribution in [1.82, 2.24) is 10.2 Å². The molecule has 0 spiro atoms. The first-order chi connectivity index (χ1) is 17.4. The van der Waals surface area contributed by atoms with Gasteiger partial charge in [-0.25, -0.2) is 4.79 Å². The van der Waals surface area contributed by atoms with Gasteiger partial charge < -0.3 is 35.2 Å². The molecule has 0 aromatic heterocycles. The average Bonchev–Trinajstić information content (AvgIpc) is 3.67. The number of phenols is 1. The van der Waals surface area contributed by atoms with E-state index < -0.39 is 42.2 Å². The molecule has 0 saturated heterocycles. The number of carbonyl (C=O) groups excluding carboxylic acids is 3. The minimum atomic E-state index is -1.35. The van der Waals surface area contributed by atoms with Gasteiger partial charge in [0.05, 0.1) is 13.7 Å². The number of hydrogen-bond donors (Lipinski definition) is 4. The summed E-state index contributed by atoms with van der Waals surface area (Å²) in [6.45, 7) is 6.03. The molecule has 2 aromatic rings. The Bertz CT molecular complexity index is 1120. The normalized spacial score (nSPS) is 14.8.